The van der Waals surface area contributed by atoms with Crippen molar-refractivity contribution in [1.29, 1.82) is 0 Å². The minimum Gasteiger partial charge on any atom is -0.507 e. The summed E-state index contributed by atoms with van der Waals surface area (Å²) in [5, 5.41) is 13.2. The fraction of sp³-hybridized carbons (Fsp3) is 0.208. The van der Waals surface area contributed by atoms with Crippen molar-refractivity contribution in [2.24, 2.45) is 4.99 Å². The number of nitrogens with zero attached hydrogens (tertiary/aromatic N) is 1. The predicted octanol–water partition coefficient (Wildman–Crippen LogP) is 4.26. The number of nitrogens with two attached hydrogens (primary N) is 1. The van der Waals surface area contributed by atoms with Crippen molar-refractivity contribution >= 4 is 17.3 Å². The maximum Gasteiger partial charge on any atom is 0.206 e. The summed E-state index contributed by atoms with van der Waals surface area (Å²) < 4.78 is 10.9. The Morgan fingerprint density at radius 2 is 1.73 bits per heavy atom. The van der Waals surface area contributed by atoms with Gasteiger partial charge in [0.1, 0.15) is 11.8 Å². The minimum atomic E-state index is -0.197. The second-order valence-corrected chi connectivity index (χ2v) is 7.64. The minimum absolute atomic E-state index is 0.0329. The first-order valence-corrected chi connectivity index (χ1v) is 10.1. The summed E-state index contributed by atoms with van der Waals surface area (Å²) in [5.74, 6) is 1.57. The molecule has 0 saturated carbocycles. The third-order valence-electron chi connectivity index (χ3n) is 5.37. The Balaban J connectivity index is 1.77. The first-order valence-electron chi connectivity index (χ1n) is 9.76. The zero-order valence-corrected chi connectivity index (χ0v) is 17.6. The van der Waals surface area contributed by atoms with Crippen LogP contribution in [-0.4, -0.2) is 25.0 Å². The Bertz CT molecular complexity index is 1070. The molecule has 2 atom stereocenters. The number of rotatable bonds is 5. The summed E-state index contributed by atoms with van der Waals surface area (Å²) in [6.45, 7) is 0. The number of quaternary nitrogens is 1. The molecule has 0 bridgehead atoms. The van der Waals surface area contributed by atoms with E-state index in [0.717, 1.165) is 22.4 Å². The molecule has 1 aliphatic heterocycles. The van der Waals surface area contributed by atoms with Gasteiger partial charge in [-0.3, -0.25) is 0 Å². The summed E-state index contributed by atoms with van der Waals surface area (Å²) in [6.07, 6.45) is 0.485. The van der Waals surface area contributed by atoms with Crippen LogP contribution in [0.4, 0.5) is 0 Å². The molecular formula is C24H24ClN2O3+. The molecule has 0 unspecified atom stereocenters. The van der Waals surface area contributed by atoms with E-state index in [9.17, 15) is 5.11 Å². The Morgan fingerprint density at radius 3 is 2.47 bits per heavy atom. The molecule has 0 aliphatic carbocycles. The van der Waals surface area contributed by atoms with E-state index in [2.05, 4.69) is 17.4 Å². The standard InChI is InChI=1S/C24H23ClN2O3/c1-29-22-11-8-16(12-23(22)30-2)24-26-19(15-6-4-3-5-7-15)14-20(27-24)18-13-17(25)9-10-21(18)28/h3-13,20,24,27-28H,14H2,1-2H3/p+1/t20-,24-/m0/s1. The third-order valence-corrected chi connectivity index (χ3v) is 5.60. The molecule has 0 amide bonds. The van der Waals surface area contributed by atoms with Gasteiger partial charge in [0, 0.05) is 17.0 Å². The normalized spacial score (nSPS) is 18.6. The van der Waals surface area contributed by atoms with Gasteiger partial charge in [0.05, 0.1) is 25.5 Å². The molecule has 3 N–H and O–H groups in total. The molecule has 3 aromatic rings. The number of phenolic OH excluding ortho intramolecular Hbond substituents is 1. The van der Waals surface area contributed by atoms with Crippen LogP contribution in [0.1, 0.15) is 35.3 Å². The Labute approximate surface area is 180 Å². The van der Waals surface area contributed by atoms with E-state index >= 15 is 0 Å². The molecule has 0 fully saturated rings. The van der Waals surface area contributed by atoms with Crippen molar-refractivity contribution in [2.45, 2.75) is 18.6 Å². The number of phenols is 1. The van der Waals surface area contributed by atoms with Gasteiger partial charge >= 0.3 is 0 Å². The molecule has 30 heavy (non-hydrogen) atoms. The first-order chi connectivity index (χ1) is 14.6. The predicted molar refractivity (Wildman–Crippen MR) is 118 cm³/mol. The van der Waals surface area contributed by atoms with Gasteiger partial charge in [-0.15, -0.1) is 0 Å². The number of hydrogen-bond donors (Lipinski definition) is 2. The first kappa shape index (κ1) is 20.3. The van der Waals surface area contributed by atoms with Gasteiger partial charge in [-0.1, -0.05) is 41.9 Å². The van der Waals surface area contributed by atoms with E-state index in [4.69, 9.17) is 26.1 Å². The highest BCUT2D eigenvalue weighted by Gasteiger charge is 2.32. The number of ether oxygens (including phenoxy) is 2. The highest BCUT2D eigenvalue weighted by Crippen LogP contribution is 2.34. The fourth-order valence-electron chi connectivity index (χ4n) is 3.84. The lowest BCUT2D eigenvalue weighted by Gasteiger charge is -2.28. The molecule has 1 heterocycles. The molecule has 6 heteroatoms. The SMILES string of the molecule is COc1ccc([C@H]2N=C(c3ccccc3)C[C@@H](c3cc(Cl)ccc3O)[NH2+]2)cc1OC. The quantitative estimate of drug-likeness (QED) is 0.644. The van der Waals surface area contributed by atoms with E-state index in [-0.39, 0.29) is 18.0 Å². The lowest BCUT2D eigenvalue weighted by atomic mass is 9.93. The molecule has 0 radical (unpaired) electrons. The van der Waals surface area contributed by atoms with Crippen molar-refractivity contribution in [3.63, 3.8) is 0 Å². The van der Waals surface area contributed by atoms with Crippen LogP contribution < -0.4 is 14.8 Å². The average molecular weight is 424 g/mol. The van der Waals surface area contributed by atoms with Crippen molar-refractivity contribution in [1.82, 2.24) is 0 Å². The number of benzene rings is 3. The van der Waals surface area contributed by atoms with Crippen LogP contribution in [0, 0.1) is 0 Å². The Morgan fingerprint density at radius 1 is 0.967 bits per heavy atom. The van der Waals surface area contributed by atoms with Crippen LogP contribution in [0.5, 0.6) is 17.2 Å². The van der Waals surface area contributed by atoms with Crippen LogP contribution in [-0.2, 0) is 0 Å². The summed E-state index contributed by atoms with van der Waals surface area (Å²) >= 11 is 6.23. The number of aliphatic imine (C=N–C) groups is 1. The van der Waals surface area contributed by atoms with Gasteiger partial charge in [-0.05, 0) is 42.0 Å². The Kier molecular flexibility index (Phi) is 5.93. The molecule has 0 saturated heterocycles. The van der Waals surface area contributed by atoms with E-state index in [1.54, 1.807) is 26.4 Å². The highest BCUT2D eigenvalue weighted by atomic mass is 35.5. The molecule has 0 aromatic heterocycles. The molecular weight excluding hydrogens is 400 g/mol. The molecule has 4 rings (SSSR count). The van der Waals surface area contributed by atoms with Gasteiger partial charge in [0.2, 0.25) is 6.17 Å². The highest BCUT2D eigenvalue weighted by molar-refractivity contribution is 6.30. The van der Waals surface area contributed by atoms with Crippen LogP contribution in [0.25, 0.3) is 0 Å². The molecule has 3 aromatic carbocycles. The number of hydrogen-bond acceptors (Lipinski definition) is 4. The molecule has 0 spiro atoms. The second-order valence-electron chi connectivity index (χ2n) is 7.21. The zero-order valence-electron chi connectivity index (χ0n) is 16.9. The second kappa shape index (κ2) is 8.78. The number of aromatic hydroxyl groups is 1. The average Bonchev–Trinajstić information content (AvgIpc) is 2.80. The van der Waals surface area contributed by atoms with E-state index < -0.39 is 0 Å². The maximum atomic E-state index is 10.5. The van der Waals surface area contributed by atoms with Crippen LogP contribution in [0.15, 0.2) is 71.7 Å². The van der Waals surface area contributed by atoms with Gasteiger partial charge < -0.3 is 19.9 Å². The molecule has 1 aliphatic rings. The summed E-state index contributed by atoms with van der Waals surface area (Å²) in [7, 11) is 3.24. The van der Waals surface area contributed by atoms with Crippen LogP contribution in [0.2, 0.25) is 5.02 Å². The van der Waals surface area contributed by atoms with Crippen LogP contribution >= 0.6 is 11.6 Å². The third kappa shape index (κ3) is 4.13. The van der Waals surface area contributed by atoms with E-state index in [0.29, 0.717) is 22.9 Å². The van der Waals surface area contributed by atoms with Gasteiger partial charge in [-0.2, -0.15) is 0 Å². The van der Waals surface area contributed by atoms with Gasteiger partial charge in [0.25, 0.3) is 0 Å². The smallest absolute Gasteiger partial charge is 0.206 e. The lowest BCUT2D eigenvalue weighted by Crippen LogP contribution is -2.87. The van der Waals surface area contributed by atoms with Crippen molar-refractivity contribution < 1.29 is 19.9 Å². The van der Waals surface area contributed by atoms with Gasteiger partial charge in [0.15, 0.2) is 11.5 Å². The largest absolute Gasteiger partial charge is 0.507 e. The molecule has 154 valence electrons. The lowest BCUT2D eigenvalue weighted by molar-refractivity contribution is -0.735. The van der Waals surface area contributed by atoms with Gasteiger partial charge in [-0.25, -0.2) is 4.99 Å². The maximum absolute atomic E-state index is 10.5. The van der Waals surface area contributed by atoms with E-state index in [1.807, 2.05) is 42.5 Å². The van der Waals surface area contributed by atoms with Crippen LogP contribution in [0.3, 0.4) is 0 Å². The zero-order chi connectivity index (χ0) is 21.1. The van der Waals surface area contributed by atoms with Crippen molar-refractivity contribution in [3.05, 3.63) is 88.4 Å². The fourth-order valence-corrected chi connectivity index (χ4v) is 4.02. The van der Waals surface area contributed by atoms with E-state index in [1.165, 1.54) is 0 Å². The molecule has 5 nitrogen and oxygen atoms in total. The monoisotopic (exact) mass is 423 g/mol. The van der Waals surface area contributed by atoms with Crippen molar-refractivity contribution in [2.75, 3.05) is 14.2 Å². The Hall–Kier alpha value is -3.02. The number of halogens is 1. The summed E-state index contributed by atoms with van der Waals surface area (Å²) in [5.41, 5.74) is 3.86. The number of methoxy groups -OCH3 is 2. The van der Waals surface area contributed by atoms with Crippen molar-refractivity contribution in [3.8, 4) is 17.2 Å². The summed E-state index contributed by atoms with van der Waals surface area (Å²) in [6, 6.07) is 21.1. The topological polar surface area (TPSA) is 67.7 Å². The summed E-state index contributed by atoms with van der Waals surface area (Å²) in [4.78, 5) is 5.03.